The molecule has 0 aliphatic heterocycles. The molecule has 0 amide bonds. The minimum Gasteiger partial charge on any atom is -0.493 e. The van der Waals surface area contributed by atoms with Crippen molar-refractivity contribution < 1.29 is 14.6 Å². The van der Waals surface area contributed by atoms with Crippen LogP contribution in [-0.2, 0) is 6.54 Å². The summed E-state index contributed by atoms with van der Waals surface area (Å²) in [5.41, 5.74) is 3.08. The van der Waals surface area contributed by atoms with Crippen molar-refractivity contribution in [3.8, 4) is 23.3 Å². The Balaban J connectivity index is 1.94. The number of methoxy groups -OCH3 is 2. The zero-order chi connectivity index (χ0) is 22.1. The molecule has 0 radical (unpaired) electrons. The molecule has 3 aromatic carbocycles. The summed E-state index contributed by atoms with van der Waals surface area (Å²) in [5.74, 6) is 8.00. The van der Waals surface area contributed by atoms with E-state index in [0.29, 0.717) is 18.0 Å². The second-order valence-electron chi connectivity index (χ2n) is 7.28. The van der Waals surface area contributed by atoms with Gasteiger partial charge in [0.2, 0.25) is 0 Å². The van der Waals surface area contributed by atoms with Gasteiger partial charge >= 0.3 is 0 Å². The van der Waals surface area contributed by atoms with Crippen molar-refractivity contribution in [1.29, 1.82) is 0 Å². The summed E-state index contributed by atoms with van der Waals surface area (Å²) in [6.45, 7) is 2.67. The van der Waals surface area contributed by atoms with E-state index in [1.807, 2.05) is 78.9 Å². The van der Waals surface area contributed by atoms with Gasteiger partial charge in [0.05, 0.1) is 32.9 Å². The lowest BCUT2D eigenvalue weighted by molar-refractivity contribution is 0.101. The highest BCUT2D eigenvalue weighted by atomic mass is 16.5. The molecule has 4 nitrogen and oxygen atoms in total. The fraction of sp³-hybridized carbons (Fsp3) is 0.259. The van der Waals surface area contributed by atoms with Crippen LogP contribution in [0.5, 0.6) is 11.5 Å². The smallest absolute Gasteiger partial charge is 0.161 e. The Morgan fingerprint density at radius 3 is 2.13 bits per heavy atom. The molecule has 0 spiro atoms. The molecular weight excluding hydrogens is 386 g/mol. The first-order valence-electron chi connectivity index (χ1n) is 10.3. The van der Waals surface area contributed by atoms with Crippen LogP contribution in [-0.4, -0.2) is 36.9 Å². The van der Waals surface area contributed by atoms with Gasteiger partial charge in [-0.1, -0.05) is 66.4 Å². The number of benzene rings is 3. The van der Waals surface area contributed by atoms with Crippen LogP contribution in [0.2, 0.25) is 0 Å². The number of ether oxygens (including phenoxy) is 2. The number of nitrogens with zero attached hydrogens (tertiary/aromatic N) is 1. The highest BCUT2D eigenvalue weighted by Gasteiger charge is 2.24. The Morgan fingerprint density at radius 1 is 0.871 bits per heavy atom. The summed E-state index contributed by atoms with van der Waals surface area (Å²) in [6, 6.07) is 25.6. The average molecular weight is 416 g/mol. The molecule has 1 N–H and O–H groups in total. The van der Waals surface area contributed by atoms with E-state index in [4.69, 9.17) is 9.47 Å². The fourth-order valence-electron chi connectivity index (χ4n) is 3.58. The van der Waals surface area contributed by atoms with Crippen LogP contribution in [0.3, 0.4) is 0 Å². The Labute approximate surface area is 185 Å². The van der Waals surface area contributed by atoms with Crippen LogP contribution in [0.1, 0.15) is 29.7 Å². The molecule has 2 atom stereocenters. The highest BCUT2D eigenvalue weighted by molar-refractivity contribution is 5.43. The summed E-state index contributed by atoms with van der Waals surface area (Å²) in [4.78, 5) is 2.21. The standard InChI is InChI=1S/C27H29NO3/c1-21(14-15-22-10-6-4-7-11-22)28(25(20-29)24-12-8-5-9-13-24)19-23-16-17-26(30-2)27(18-23)31-3/h4-13,16-18,21,25,29H,19-20H2,1-3H3/t21-,25+/m1/s1. The van der Waals surface area contributed by atoms with Crippen molar-refractivity contribution in [3.05, 3.63) is 95.6 Å². The lowest BCUT2D eigenvalue weighted by Gasteiger charge is -2.34. The molecule has 0 aliphatic carbocycles. The van der Waals surface area contributed by atoms with Gasteiger partial charge in [-0.3, -0.25) is 4.90 Å². The molecule has 3 aromatic rings. The SMILES string of the molecule is COc1ccc(CN([C@H](C)C#Cc2ccccc2)[C@@H](CO)c2ccccc2)cc1OC. The predicted octanol–water partition coefficient (Wildman–Crippen LogP) is 4.68. The van der Waals surface area contributed by atoms with Gasteiger partial charge < -0.3 is 14.6 Å². The lowest BCUT2D eigenvalue weighted by Crippen LogP contribution is -2.37. The van der Waals surface area contributed by atoms with Gasteiger partial charge in [-0.15, -0.1) is 0 Å². The number of hydrogen-bond donors (Lipinski definition) is 1. The van der Waals surface area contributed by atoms with Crippen molar-refractivity contribution in [2.24, 2.45) is 0 Å². The first-order valence-corrected chi connectivity index (χ1v) is 10.3. The maximum absolute atomic E-state index is 10.3. The Kier molecular flexibility index (Phi) is 8.12. The Hall–Kier alpha value is -3.26. The average Bonchev–Trinajstić information content (AvgIpc) is 2.83. The summed E-state index contributed by atoms with van der Waals surface area (Å²) in [6.07, 6.45) is 0. The van der Waals surface area contributed by atoms with Crippen molar-refractivity contribution in [3.63, 3.8) is 0 Å². The van der Waals surface area contributed by atoms with Crippen molar-refractivity contribution in [2.45, 2.75) is 25.6 Å². The van der Waals surface area contributed by atoms with E-state index in [-0.39, 0.29) is 18.7 Å². The van der Waals surface area contributed by atoms with Crippen molar-refractivity contribution >= 4 is 0 Å². The van der Waals surface area contributed by atoms with Gasteiger partial charge in [0.15, 0.2) is 11.5 Å². The molecule has 4 heteroatoms. The van der Waals surface area contributed by atoms with Gasteiger partial charge in [0, 0.05) is 12.1 Å². The third kappa shape index (κ3) is 5.88. The van der Waals surface area contributed by atoms with Crippen LogP contribution in [0.15, 0.2) is 78.9 Å². The maximum Gasteiger partial charge on any atom is 0.161 e. The van der Waals surface area contributed by atoms with Crippen LogP contribution < -0.4 is 9.47 Å². The van der Waals surface area contributed by atoms with E-state index in [1.54, 1.807) is 14.2 Å². The van der Waals surface area contributed by atoms with E-state index in [0.717, 1.165) is 16.7 Å². The van der Waals surface area contributed by atoms with Crippen LogP contribution in [0.25, 0.3) is 0 Å². The Morgan fingerprint density at radius 2 is 1.52 bits per heavy atom. The largest absolute Gasteiger partial charge is 0.493 e. The number of aliphatic hydroxyl groups is 1. The Bertz CT molecular complexity index is 1010. The van der Waals surface area contributed by atoms with Crippen molar-refractivity contribution in [2.75, 3.05) is 20.8 Å². The summed E-state index contributed by atoms with van der Waals surface area (Å²) in [7, 11) is 3.26. The first kappa shape index (κ1) is 22.4. The molecule has 0 bridgehead atoms. The summed E-state index contributed by atoms with van der Waals surface area (Å²) in [5, 5.41) is 10.3. The number of rotatable bonds is 8. The fourth-order valence-corrected chi connectivity index (χ4v) is 3.58. The third-order valence-corrected chi connectivity index (χ3v) is 5.27. The van der Waals surface area contributed by atoms with E-state index >= 15 is 0 Å². The number of hydrogen-bond acceptors (Lipinski definition) is 4. The molecular formula is C27H29NO3. The van der Waals surface area contributed by atoms with E-state index in [2.05, 4.69) is 23.7 Å². The van der Waals surface area contributed by atoms with Gasteiger partial charge in [-0.05, 0) is 42.3 Å². The summed E-state index contributed by atoms with van der Waals surface area (Å²) >= 11 is 0. The zero-order valence-electron chi connectivity index (χ0n) is 18.3. The van der Waals surface area contributed by atoms with E-state index in [9.17, 15) is 5.11 Å². The molecule has 3 rings (SSSR count). The molecule has 0 saturated carbocycles. The van der Waals surface area contributed by atoms with Crippen LogP contribution in [0.4, 0.5) is 0 Å². The van der Waals surface area contributed by atoms with Gasteiger partial charge in [0.1, 0.15) is 0 Å². The highest BCUT2D eigenvalue weighted by Crippen LogP contribution is 2.30. The van der Waals surface area contributed by atoms with E-state index in [1.165, 1.54) is 0 Å². The topological polar surface area (TPSA) is 41.9 Å². The molecule has 0 fully saturated rings. The first-order chi connectivity index (χ1) is 15.2. The minimum absolute atomic E-state index is 0.00530. The normalized spacial score (nSPS) is 12.5. The van der Waals surface area contributed by atoms with Crippen molar-refractivity contribution in [1.82, 2.24) is 4.90 Å². The molecule has 0 aliphatic rings. The maximum atomic E-state index is 10.3. The predicted molar refractivity (Wildman–Crippen MR) is 124 cm³/mol. The summed E-state index contributed by atoms with van der Waals surface area (Å²) < 4.78 is 10.8. The quantitative estimate of drug-likeness (QED) is 0.543. The van der Waals surface area contributed by atoms with Crippen LogP contribution >= 0.6 is 0 Å². The third-order valence-electron chi connectivity index (χ3n) is 5.27. The van der Waals surface area contributed by atoms with Gasteiger partial charge in [-0.2, -0.15) is 0 Å². The van der Waals surface area contributed by atoms with E-state index < -0.39 is 0 Å². The zero-order valence-corrected chi connectivity index (χ0v) is 18.3. The molecule has 0 unspecified atom stereocenters. The van der Waals surface area contributed by atoms with Gasteiger partial charge in [0.25, 0.3) is 0 Å². The molecule has 31 heavy (non-hydrogen) atoms. The second kappa shape index (κ2) is 11.2. The molecule has 160 valence electrons. The molecule has 0 aromatic heterocycles. The lowest BCUT2D eigenvalue weighted by atomic mass is 10.0. The second-order valence-corrected chi connectivity index (χ2v) is 7.28. The van der Waals surface area contributed by atoms with Crippen LogP contribution in [0, 0.1) is 11.8 Å². The van der Waals surface area contributed by atoms with Gasteiger partial charge in [-0.25, -0.2) is 0 Å². The minimum atomic E-state index is -0.186. The monoisotopic (exact) mass is 415 g/mol. The number of aliphatic hydroxyl groups excluding tert-OH is 1. The molecule has 0 heterocycles. The molecule has 0 saturated heterocycles.